The second kappa shape index (κ2) is 6.70. The van der Waals surface area contributed by atoms with Crippen molar-refractivity contribution in [1.82, 2.24) is 4.90 Å². The molecule has 19 heavy (non-hydrogen) atoms. The molecule has 2 rings (SSSR count). The van der Waals surface area contributed by atoms with E-state index >= 15 is 0 Å². The number of thiophene rings is 1. The van der Waals surface area contributed by atoms with E-state index in [1.165, 1.54) is 0 Å². The highest BCUT2D eigenvalue weighted by Gasteiger charge is 2.29. The van der Waals surface area contributed by atoms with Gasteiger partial charge in [-0.05, 0) is 42.2 Å². The molecule has 5 heteroatoms. The minimum Gasteiger partial charge on any atom is -0.466 e. The number of likely N-dealkylation sites (tertiary alicyclic amines) is 1. The van der Waals surface area contributed by atoms with Crippen LogP contribution in [0.1, 0.15) is 25.3 Å². The number of amides is 1. The van der Waals surface area contributed by atoms with E-state index in [9.17, 15) is 9.59 Å². The quantitative estimate of drug-likeness (QED) is 0.794. The van der Waals surface area contributed by atoms with Crippen molar-refractivity contribution < 1.29 is 14.3 Å². The third kappa shape index (κ3) is 3.80. The standard InChI is InChI=1S/C14H19NO3S/c1-2-18-14(17)12-4-3-6-15(9-12)13(16)8-11-5-7-19-10-11/h5,7,10,12H,2-4,6,8-9H2,1H3/t12-/m0/s1. The van der Waals surface area contributed by atoms with E-state index < -0.39 is 0 Å². The topological polar surface area (TPSA) is 46.6 Å². The summed E-state index contributed by atoms with van der Waals surface area (Å²) in [6, 6.07) is 1.97. The summed E-state index contributed by atoms with van der Waals surface area (Å²) in [6.07, 6.45) is 2.12. The van der Waals surface area contributed by atoms with Crippen molar-refractivity contribution in [2.75, 3.05) is 19.7 Å². The van der Waals surface area contributed by atoms with Gasteiger partial charge in [0, 0.05) is 13.1 Å². The first-order valence-corrected chi connectivity index (χ1v) is 7.60. The van der Waals surface area contributed by atoms with Gasteiger partial charge in [0.25, 0.3) is 0 Å². The lowest BCUT2D eigenvalue weighted by atomic mass is 9.97. The predicted octanol–water partition coefficient (Wildman–Crippen LogP) is 2.09. The van der Waals surface area contributed by atoms with E-state index in [2.05, 4.69) is 0 Å². The van der Waals surface area contributed by atoms with Crippen LogP contribution in [-0.2, 0) is 20.7 Å². The van der Waals surface area contributed by atoms with E-state index in [0.29, 0.717) is 19.6 Å². The first-order chi connectivity index (χ1) is 9.20. The molecule has 1 saturated heterocycles. The van der Waals surface area contributed by atoms with Crippen molar-refractivity contribution in [2.45, 2.75) is 26.2 Å². The molecule has 0 spiro atoms. The lowest BCUT2D eigenvalue weighted by molar-refractivity contribution is -0.151. The van der Waals surface area contributed by atoms with Gasteiger partial charge in [0.2, 0.25) is 5.91 Å². The van der Waals surface area contributed by atoms with Crippen molar-refractivity contribution in [3.8, 4) is 0 Å². The molecular weight excluding hydrogens is 262 g/mol. The molecule has 1 aromatic heterocycles. The first-order valence-electron chi connectivity index (χ1n) is 6.66. The monoisotopic (exact) mass is 281 g/mol. The Morgan fingerprint density at radius 3 is 3.05 bits per heavy atom. The fourth-order valence-electron chi connectivity index (χ4n) is 2.34. The molecule has 0 aromatic carbocycles. The zero-order valence-electron chi connectivity index (χ0n) is 11.1. The second-order valence-electron chi connectivity index (χ2n) is 4.74. The van der Waals surface area contributed by atoms with E-state index in [1.807, 2.05) is 16.8 Å². The third-order valence-corrected chi connectivity index (χ3v) is 4.06. The summed E-state index contributed by atoms with van der Waals surface area (Å²) in [7, 11) is 0. The summed E-state index contributed by atoms with van der Waals surface area (Å²) in [5.74, 6) is -0.219. The molecule has 0 bridgehead atoms. The van der Waals surface area contributed by atoms with Crippen LogP contribution in [0, 0.1) is 5.92 Å². The summed E-state index contributed by atoms with van der Waals surface area (Å²) < 4.78 is 5.04. The van der Waals surface area contributed by atoms with Crippen LogP contribution >= 0.6 is 11.3 Å². The third-order valence-electron chi connectivity index (χ3n) is 3.33. The van der Waals surface area contributed by atoms with Crippen LogP contribution in [0.3, 0.4) is 0 Å². The molecule has 1 atom stereocenters. The minimum atomic E-state index is -0.171. The summed E-state index contributed by atoms with van der Waals surface area (Å²) in [4.78, 5) is 25.7. The molecule has 1 fully saturated rings. The van der Waals surface area contributed by atoms with Crippen LogP contribution in [-0.4, -0.2) is 36.5 Å². The SMILES string of the molecule is CCOC(=O)[C@H]1CCCN(C(=O)Cc2ccsc2)C1. The maximum Gasteiger partial charge on any atom is 0.310 e. The van der Waals surface area contributed by atoms with E-state index in [0.717, 1.165) is 24.9 Å². The van der Waals surface area contributed by atoms with Gasteiger partial charge in [0.05, 0.1) is 18.9 Å². The van der Waals surface area contributed by atoms with Crippen LogP contribution in [0.15, 0.2) is 16.8 Å². The second-order valence-corrected chi connectivity index (χ2v) is 5.52. The normalized spacial score (nSPS) is 19.2. The maximum absolute atomic E-state index is 12.2. The average Bonchev–Trinajstić information content (AvgIpc) is 2.92. The molecule has 0 radical (unpaired) electrons. The Morgan fingerprint density at radius 2 is 2.37 bits per heavy atom. The Balaban J connectivity index is 1.89. The zero-order valence-corrected chi connectivity index (χ0v) is 11.9. The molecule has 104 valence electrons. The van der Waals surface area contributed by atoms with Gasteiger partial charge in [-0.15, -0.1) is 0 Å². The van der Waals surface area contributed by atoms with Crippen LogP contribution in [0.5, 0.6) is 0 Å². The fraction of sp³-hybridized carbons (Fsp3) is 0.571. The number of nitrogens with zero attached hydrogens (tertiary/aromatic N) is 1. The number of esters is 1. The number of ether oxygens (including phenoxy) is 1. The molecular formula is C14H19NO3S. The van der Waals surface area contributed by atoms with E-state index in [-0.39, 0.29) is 17.8 Å². The van der Waals surface area contributed by atoms with Gasteiger partial charge in [-0.2, -0.15) is 11.3 Å². The van der Waals surface area contributed by atoms with Gasteiger partial charge in [0.1, 0.15) is 0 Å². The predicted molar refractivity (Wildman–Crippen MR) is 74.0 cm³/mol. The van der Waals surface area contributed by atoms with Gasteiger partial charge in [-0.3, -0.25) is 9.59 Å². The number of piperidine rings is 1. The lowest BCUT2D eigenvalue weighted by Gasteiger charge is -2.31. The van der Waals surface area contributed by atoms with Crippen LogP contribution < -0.4 is 0 Å². The Hall–Kier alpha value is -1.36. The summed E-state index contributed by atoms with van der Waals surface area (Å²) in [6.45, 7) is 3.46. The van der Waals surface area contributed by atoms with Crippen molar-refractivity contribution in [1.29, 1.82) is 0 Å². The zero-order chi connectivity index (χ0) is 13.7. The lowest BCUT2D eigenvalue weighted by Crippen LogP contribution is -2.43. The molecule has 0 N–H and O–H groups in total. The van der Waals surface area contributed by atoms with Crippen LogP contribution in [0.2, 0.25) is 0 Å². The van der Waals surface area contributed by atoms with Crippen molar-refractivity contribution in [2.24, 2.45) is 5.92 Å². The Kier molecular flexibility index (Phi) is 4.96. The summed E-state index contributed by atoms with van der Waals surface area (Å²) in [5.41, 5.74) is 1.05. The van der Waals surface area contributed by atoms with Gasteiger partial charge in [0.15, 0.2) is 0 Å². The largest absolute Gasteiger partial charge is 0.466 e. The number of rotatable bonds is 4. The molecule has 1 aromatic rings. The van der Waals surface area contributed by atoms with Crippen molar-refractivity contribution in [3.63, 3.8) is 0 Å². The molecule has 1 aliphatic heterocycles. The van der Waals surface area contributed by atoms with Crippen LogP contribution in [0.25, 0.3) is 0 Å². The molecule has 0 unspecified atom stereocenters. The average molecular weight is 281 g/mol. The molecule has 2 heterocycles. The Labute approximate surface area is 117 Å². The molecule has 1 amide bonds. The van der Waals surface area contributed by atoms with Gasteiger partial charge in [-0.1, -0.05) is 0 Å². The highest BCUT2D eigenvalue weighted by molar-refractivity contribution is 7.07. The summed E-state index contributed by atoms with van der Waals surface area (Å²) in [5, 5.41) is 3.96. The first kappa shape index (κ1) is 14.1. The molecule has 4 nitrogen and oxygen atoms in total. The van der Waals surface area contributed by atoms with Crippen molar-refractivity contribution in [3.05, 3.63) is 22.4 Å². The maximum atomic E-state index is 12.2. The highest BCUT2D eigenvalue weighted by atomic mass is 32.1. The molecule has 0 saturated carbocycles. The highest BCUT2D eigenvalue weighted by Crippen LogP contribution is 2.19. The fourth-order valence-corrected chi connectivity index (χ4v) is 3.00. The number of carbonyl (C=O) groups is 2. The number of hydrogen-bond acceptors (Lipinski definition) is 4. The van der Waals surface area contributed by atoms with Gasteiger partial charge < -0.3 is 9.64 Å². The van der Waals surface area contributed by atoms with Gasteiger partial charge in [-0.25, -0.2) is 0 Å². The smallest absolute Gasteiger partial charge is 0.310 e. The van der Waals surface area contributed by atoms with Crippen molar-refractivity contribution >= 4 is 23.2 Å². The Bertz CT molecular complexity index is 430. The van der Waals surface area contributed by atoms with Gasteiger partial charge >= 0.3 is 5.97 Å². The number of carbonyl (C=O) groups excluding carboxylic acids is 2. The van der Waals surface area contributed by atoms with Crippen LogP contribution in [0.4, 0.5) is 0 Å². The Morgan fingerprint density at radius 1 is 1.53 bits per heavy atom. The minimum absolute atomic E-state index is 0.104. The van der Waals surface area contributed by atoms with E-state index in [4.69, 9.17) is 4.74 Å². The van der Waals surface area contributed by atoms with E-state index in [1.54, 1.807) is 23.2 Å². The molecule has 1 aliphatic rings. The number of hydrogen-bond donors (Lipinski definition) is 0. The summed E-state index contributed by atoms with van der Waals surface area (Å²) >= 11 is 1.60. The molecule has 0 aliphatic carbocycles.